The molecule has 2 N–H and O–H groups in total. The molecule has 1 aliphatic carbocycles. The maximum Gasteiger partial charge on any atom is 0.252 e. The van der Waals surface area contributed by atoms with Gasteiger partial charge in [-0.25, -0.2) is 4.98 Å². The van der Waals surface area contributed by atoms with E-state index in [1.807, 2.05) is 18.2 Å². The van der Waals surface area contributed by atoms with E-state index in [9.17, 15) is 4.79 Å². The van der Waals surface area contributed by atoms with Gasteiger partial charge in [-0.15, -0.1) is 0 Å². The summed E-state index contributed by atoms with van der Waals surface area (Å²) in [4.78, 5) is 16.6. The fourth-order valence-corrected chi connectivity index (χ4v) is 3.44. The summed E-state index contributed by atoms with van der Waals surface area (Å²) in [5, 5.41) is 6.20. The number of carbonyl (C=O) groups excluding carboxylic acids is 1. The maximum absolute atomic E-state index is 12.3. The standard InChI is InChI=1S/C22H25N3O3/c26-22(23-11-10-16-4-2-1-3-5-16)17-6-9-21(24-15-17)25-18-7-8-19-20(14-18)28-13-12-27-19/h4,6-9,14-15H,1-3,5,10-13H2,(H,23,26)(H,24,25). The number of nitrogens with one attached hydrogen (secondary N) is 2. The number of allylic oxidation sites excluding steroid dienone is 1. The van der Waals surface area contributed by atoms with Crippen LogP contribution in [-0.2, 0) is 0 Å². The van der Waals surface area contributed by atoms with Gasteiger partial charge >= 0.3 is 0 Å². The molecule has 0 atom stereocenters. The highest BCUT2D eigenvalue weighted by atomic mass is 16.6. The summed E-state index contributed by atoms with van der Waals surface area (Å²) >= 11 is 0. The number of ether oxygens (including phenoxy) is 2. The zero-order chi connectivity index (χ0) is 19.2. The van der Waals surface area contributed by atoms with Crippen LogP contribution in [0.4, 0.5) is 11.5 Å². The fourth-order valence-electron chi connectivity index (χ4n) is 3.44. The third-order valence-corrected chi connectivity index (χ3v) is 4.96. The minimum Gasteiger partial charge on any atom is -0.486 e. The van der Waals surface area contributed by atoms with E-state index in [0.717, 1.165) is 30.0 Å². The van der Waals surface area contributed by atoms with Gasteiger partial charge < -0.3 is 20.1 Å². The Bertz CT molecular complexity index is 862. The minimum atomic E-state index is -0.0882. The van der Waals surface area contributed by atoms with Crippen molar-refractivity contribution in [2.24, 2.45) is 0 Å². The molecule has 28 heavy (non-hydrogen) atoms. The van der Waals surface area contributed by atoms with Crippen molar-refractivity contribution in [3.63, 3.8) is 0 Å². The number of nitrogens with zero attached hydrogens (tertiary/aromatic N) is 1. The topological polar surface area (TPSA) is 72.5 Å². The molecule has 146 valence electrons. The molecule has 1 aromatic heterocycles. The summed E-state index contributed by atoms with van der Waals surface area (Å²) in [6.07, 6.45) is 9.73. The lowest BCUT2D eigenvalue weighted by molar-refractivity contribution is 0.0953. The Morgan fingerprint density at radius 1 is 1.07 bits per heavy atom. The van der Waals surface area contributed by atoms with Crippen LogP contribution in [-0.4, -0.2) is 30.6 Å². The molecule has 2 aromatic rings. The summed E-state index contributed by atoms with van der Waals surface area (Å²) < 4.78 is 11.1. The smallest absolute Gasteiger partial charge is 0.252 e. The second-order valence-electron chi connectivity index (χ2n) is 7.03. The van der Waals surface area contributed by atoms with Crippen LogP contribution in [0.2, 0.25) is 0 Å². The third kappa shape index (κ3) is 4.63. The Balaban J connectivity index is 1.30. The van der Waals surface area contributed by atoms with Crippen LogP contribution in [0, 0.1) is 0 Å². The largest absolute Gasteiger partial charge is 0.486 e. The SMILES string of the molecule is O=C(NCCC1=CCCCC1)c1ccc(Nc2ccc3c(c2)OCCO3)nc1. The van der Waals surface area contributed by atoms with E-state index in [1.54, 1.807) is 18.3 Å². The van der Waals surface area contributed by atoms with Crippen LogP contribution in [0.5, 0.6) is 11.5 Å². The Morgan fingerprint density at radius 2 is 1.96 bits per heavy atom. The van der Waals surface area contributed by atoms with Crippen molar-refractivity contribution in [1.29, 1.82) is 0 Å². The lowest BCUT2D eigenvalue weighted by atomic mass is 9.97. The fraction of sp³-hybridized carbons (Fsp3) is 0.364. The van der Waals surface area contributed by atoms with Crippen molar-refractivity contribution in [2.45, 2.75) is 32.1 Å². The molecule has 0 saturated carbocycles. The van der Waals surface area contributed by atoms with Crippen molar-refractivity contribution >= 4 is 17.4 Å². The summed E-state index contributed by atoms with van der Waals surface area (Å²) in [6.45, 7) is 1.79. The molecule has 0 bridgehead atoms. The normalized spacial score (nSPS) is 15.5. The number of fused-ring (bicyclic) bond motifs is 1. The van der Waals surface area contributed by atoms with E-state index < -0.39 is 0 Å². The van der Waals surface area contributed by atoms with Crippen LogP contribution in [0.25, 0.3) is 0 Å². The van der Waals surface area contributed by atoms with Gasteiger partial charge in [0.15, 0.2) is 11.5 Å². The van der Waals surface area contributed by atoms with Crippen LogP contribution in [0.1, 0.15) is 42.5 Å². The van der Waals surface area contributed by atoms with Gasteiger partial charge in [0.1, 0.15) is 19.0 Å². The van der Waals surface area contributed by atoms with E-state index in [1.165, 1.54) is 24.8 Å². The quantitative estimate of drug-likeness (QED) is 0.736. The molecule has 0 saturated heterocycles. The Hall–Kier alpha value is -3.02. The number of carbonyl (C=O) groups is 1. The summed E-state index contributed by atoms with van der Waals surface area (Å²) in [6, 6.07) is 9.25. The first-order valence-electron chi connectivity index (χ1n) is 9.87. The predicted molar refractivity (Wildman–Crippen MR) is 108 cm³/mol. The highest BCUT2D eigenvalue weighted by Gasteiger charge is 2.12. The van der Waals surface area contributed by atoms with Crippen molar-refractivity contribution < 1.29 is 14.3 Å². The molecule has 1 aromatic carbocycles. The molecule has 0 unspecified atom stereocenters. The van der Waals surface area contributed by atoms with Gasteiger partial charge in [-0.3, -0.25) is 4.79 Å². The zero-order valence-electron chi connectivity index (χ0n) is 15.9. The van der Waals surface area contributed by atoms with Gasteiger partial charge in [-0.1, -0.05) is 11.6 Å². The lowest BCUT2D eigenvalue weighted by Gasteiger charge is -2.19. The zero-order valence-corrected chi connectivity index (χ0v) is 15.9. The third-order valence-electron chi connectivity index (χ3n) is 4.96. The Labute approximate surface area is 165 Å². The van der Waals surface area contributed by atoms with Crippen molar-refractivity contribution in [1.82, 2.24) is 10.3 Å². The highest BCUT2D eigenvalue weighted by Crippen LogP contribution is 2.33. The number of rotatable bonds is 6. The van der Waals surface area contributed by atoms with Crippen LogP contribution < -0.4 is 20.1 Å². The van der Waals surface area contributed by atoms with Crippen LogP contribution in [0.15, 0.2) is 48.2 Å². The Kier molecular flexibility index (Phi) is 5.75. The first-order valence-corrected chi connectivity index (χ1v) is 9.87. The molecule has 6 nitrogen and oxygen atoms in total. The first-order chi connectivity index (χ1) is 13.8. The van der Waals surface area contributed by atoms with E-state index >= 15 is 0 Å². The number of hydrogen-bond acceptors (Lipinski definition) is 5. The first kappa shape index (κ1) is 18.3. The van der Waals surface area contributed by atoms with E-state index in [0.29, 0.717) is 31.1 Å². The van der Waals surface area contributed by atoms with Gasteiger partial charge in [0.25, 0.3) is 5.91 Å². The van der Waals surface area contributed by atoms with E-state index in [4.69, 9.17) is 9.47 Å². The van der Waals surface area contributed by atoms with E-state index in [2.05, 4.69) is 21.7 Å². The molecule has 1 amide bonds. The minimum absolute atomic E-state index is 0.0882. The van der Waals surface area contributed by atoms with Gasteiger partial charge in [0, 0.05) is 24.5 Å². The number of amides is 1. The van der Waals surface area contributed by atoms with Crippen LogP contribution in [0.3, 0.4) is 0 Å². The average Bonchev–Trinajstić information content (AvgIpc) is 2.75. The Morgan fingerprint density at radius 3 is 2.75 bits per heavy atom. The van der Waals surface area contributed by atoms with Crippen LogP contribution >= 0.6 is 0 Å². The number of hydrogen-bond donors (Lipinski definition) is 2. The predicted octanol–water partition coefficient (Wildman–Crippen LogP) is 4.22. The monoisotopic (exact) mass is 379 g/mol. The number of anilines is 2. The molecular weight excluding hydrogens is 354 g/mol. The molecule has 6 heteroatoms. The molecule has 0 spiro atoms. The molecule has 2 heterocycles. The second kappa shape index (κ2) is 8.78. The summed E-state index contributed by atoms with van der Waals surface area (Å²) in [5.41, 5.74) is 2.88. The van der Waals surface area contributed by atoms with Crippen molar-refractivity contribution in [2.75, 3.05) is 25.1 Å². The summed E-state index contributed by atoms with van der Waals surface area (Å²) in [5.74, 6) is 2.05. The maximum atomic E-state index is 12.3. The lowest BCUT2D eigenvalue weighted by Crippen LogP contribution is -2.25. The molecule has 4 rings (SSSR count). The van der Waals surface area contributed by atoms with E-state index in [-0.39, 0.29) is 5.91 Å². The summed E-state index contributed by atoms with van der Waals surface area (Å²) in [7, 11) is 0. The molecular formula is C22H25N3O3. The van der Waals surface area contributed by atoms with Gasteiger partial charge in [-0.05, 0) is 56.4 Å². The van der Waals surface area contributed by atoms with Gasteiger partial charge in [-0.2, -0.15) is 0 Å². The average molecular weight is 379 g/mol. The number of benzene rings is 1. The molecule has 0 radical (unpaired) electrons. The molecule has 2 aliphatic rings. The van der Waals surface area contributed by atoms with Gasteiger partial charge in [0.05, 0.1) is 5.56 Å². The molecule has 0 fully saturated rings. The highest BCUT2D eigenvalue weighted by molar-refractivity contribution is 5.94. The molecule has 1 aliphatic heterocycles. The van der Waals surface area contributed by atoms with Gasteiger partial charge in [0.2, 0.25) is 0 Å². The number of pyridine rings is 1. The van der Waals surface area contributed by atoms with Crippen molar-refractivity contribution in [3.8, 4) is 11.5 Å². The van der Waals surface area contributed by atoms with Crippen molar-refractivity contribution in [3.05, 3.63) is 53.7 Å². The number of aromatic nitrogens is 1. The second-order valence-corrected chi connectivity index (χ2v) is 7.03.